The van der Waals surface area contributed by atoms with Gasteiger partial charge in [-0.25, -0.2) is 0 Å². The first-order chi connectivity index (χ1) is 6.10. The topological polar surface area (TPSA) is 32.3 Å². The third-order valence-electron chi connectivity index (χ3n) is 2.22. The molecule has 0 aliphatic heterocycles. The van der Waals surface area contributed by atoms with Crippen molar-refractivity contribution in [1.29, 1.82) is 0 Å². The molecule has 0 saturated carbocycles. The highest BCUT2D eigenvalue weighted by Crippen LogP contribution is 2.06. The molecule has 0 aromatic heterocycles. The van der Waals surface area contributed by atoms with Crippen molar-refractivity contribution in [2.75, 3.05) is 6.61 Å². The summed E-state index contributed by atoms with van der Waals surface area (Å²) in [5.74, 6) is 0.651. The van der Waals surface area contributed by atoms with E-state index in [0.29, 0.717) is 12.0 Å². The highest BCUT2D eigenvalue weighted by atomic mass is 16.3. The first kappa shape index (κ1) is 12.9. The average molecular weight is 187 g/mol. The van der Waals surface area contributed by atoms with Crippen LogP contribution in [0.5, 0.6) is 0 Å². The number of aliphatic hydroxyl groups is 1. The summed E-state index contributed by atoms with van der Waals surface area (Å²) in [6, 6.07) is 0.808. The summed E-state index contributed by atoms with van der Waals surface area (Å²) in [7, 11) is 0. The molecule has 0 aliphatic carbocycles. The Hall–Kier alpha value is -0.0800. The summed E-state index contributed by atoms with van der Waals surface area (Å²) in [5.41, 5.74) is 0. The zero-order valence-electron chi connectivity index (χ0n) is 9.51. The van der Waals surface area contributed by atoms with Gasteiger partial charge in [0.05, 0.1) is 6.61 Å². The molecule has 0 spiro atoms. The van der Waals surface area contributed by atoms with Gasteiger partial charge in [0.15, 0.2) is 0 Å². The third-order valence-corrected chi connectivity index (χ3v) is 2.22. The molecule has 0 aliphatic rings. The van der Waals surface area contributed by atoms with Crippen LogP contribution in [0.15, 0.2) is 0 Å². The fourth-order valence-electron chi connectivity index (χ4n) is 1.68. The van der Waals surface area contributed by atoms with E-state index in [1.165, 1.54) is 12.8 Å². The predicted molar refractivity (Wildman–Crippen MR) is 57.8 cm³/mol. The van der Waals surface area contributed by atoms with Gasteiger partial charge in [0.25, 0.3) is 0 Å². The summed E-state index contributed by atoms with van der Waals surface area (Å²) in [6.07, 6.45) is 3.45. The number of nitrogens with one attached hydrogen (secondary N) is 1. The van der Waals surface area contributed by atoms with E-state index in [4.69, 9.17) is 5.11 Å². The lowest BCUT2D eigenvalue weighted by atomic mass is 10.0. The number of aliphatic hydroxyl groups excluding tert-OH is 1. The summed E-state index contributed by atoms with van der Waals surface area (Å²) in [4.78, 5) is 0. The van der Waals surface area contributed by atoms with Gasteiger partial charge in [0, 0.05) is 12.1 Å². The van der Waals surface area contributed by atoms with E-state index in [1.807, 2.05) is 0 Å². The molecule has 2 nitrogen and oxygen atoms in total. The van der Waals surface area contributed by atoms with Gasteiger partial charge in [-0.2, -0.15) is 0 Å². The lowest BCUT2D eigenvalue weighted by Crippen LogP contribution is -2.39. The fourth-order valence-corrected chi connectivity index (χ4v) is 1.68. The summed E-state index contributed by atoms with van der Waals surface area (Å²) in [6.45, 7) is 9.01. The summed E-state index contributed by atoms with van der Waals surface area (Å²) >= 11 is 0. The SMILES string of the molecule is CCC[C@@H](C)N[C@H](CO)CC(C)C. The highest BCUT2D eigenvalue weighted by Gasteiger charge is 2.11. The Bertz CT molecular complexity index is 115. The monoisotopic (exact) mass is 187 g/mol. The van der Waals surface area contributed by atoms with Crippen molar-refractivity contribution in [2.45, 2.75) is 59.0 Å². The molecule has 0 amide bonds. The second-order valence-corrected chi connectivity index (χ2v) is 4.37. The van der Waals surface area contributed by atoms with Crippen LogP contribution in [0.1, 0.15) is 47.0 Å². The second kappa shape index (κ2) is 7.34. The number of hydrogen-bond donors (Lipinski definition) is 2. The van der Waals surface area contributed by atoms with Gasteiger partial charge in [0.2, 0.25) is 0 Å². The second-order valence-electron chi connectivity index (χ2n) is 4.37. The lowest BCUT2D eigenvalue weighted by Gasteiger charge is -2.22. The first-order valence-corrected chi connectivity index (χ1v) is 5.47. The van der Waals surface area contributed by atoms with E-state index in [9.17, 15) is 0 Å². The quantitative estimate of drug-likeness (QED) is 0.640. The van der Waals surface area contributed by atoms with Crippen molar-refractivity contribution >= 4 is 0 Å². The maximum absolute atomic E-state index is 9.13. The fraction of sp³-hybridized carbons (Fsp3) is 1.00. The number of hydrogen-bond acceptors (Lipinski definition) is 2. The van der Waals surface area contributed by atoms with Gasteiger partial charge < -0.3 is 10.4 Å². The van der Waals surface area contributed by atoms with Gasteiger partial charge in [-0.15, -0.1) is 0 Å². The Balaban J connectivity index is 3.69. The van der Waals surface area contributed by atoms with Crippen molar-refractivity contribution in [3.63, 3.8) is 0 Å². The Morgan fingerprint density at radius 3 is 2.23 bits per heavy atom. The van der Waals surface area contributed by atoms with Crippen molar-refractivity contribution in [3.05, 3.63) is 0 Å². The standard InChI is InChI=1S/C11H25NO/c1-5-6-10(4)12-11(8-13)7-9(2)3/h9-13H,5-8H2,1-4H3/t10-,11+/m1/s1. The van der Waals surface area contributed by atoms with Crippen LogP contribution < -0.4 is 5.32 Å². The molecule has 80 valence electrons. The maximum Gasteiger partial charge on any atom is 0.0584 e. The molecule has 2 N–H and O–H groups in total. The van der Waals surface area contributed by atoms with Crippen LogP contribution >= 0.6 is 0 Å². The molecular formula is C11H25NO. The Labute approximate surface area is 82.7 Å². The van der Waals surface area contributed by atoms with Gasteiger partial charge in [-0.05, 0) is 25.7 Å². The van der Waals surface area contributed by atoms with Crippen molar-refractivity contribution in [3.8, 4) is 0 Å². The first-order valence-electron chi connectivity index (χ1n) is 5.47. The molecule has 0 fully saturated rings. The average Bonchev–Trinajstić information content (AvgIpc) is 2.02. The van der Waals surface area contributed by atoms with Crippen LogP contribution in [0.3, 0.4) is 0 Å². The molecule has 0 rings (SSSR count). The molecule has 0 aromatic carbocycles. The third kappa shape index (κ3) is 7.03. The van der Waals surface area contributed by atoms with Gasteiger partial charge >= 0.3 is 0 Å². The van der Waals surface area contributed by atoms with E-state index >= 15 is 0 Å². The van der Waals surface area contributed by atoms with Crippen LogP contribution in [0.4, 0.5) is 0 Å². The van der Waals surface area contributed by atoms with Gasteiger partial charge in [0.1, 0.15) is 0 Å². The van der Waals surface area contributed by atoms with Crippen LogP contribution in [0, 0.1) is 5.92 Å². The van der Waals surface area contributed by atoms with E-state index in [-0.39, 0.29) is 12.6 Å². The smallest absolute Gasteiger partial charge is 0.0584 e. The summed E-state index contributed by atoms with van der Waals surface area (Å²) < 4.78 is 0. The normalized spacial score (nSPS) is 16.2. The van der Waals surface area contributed by atoms with E-state index in [0.717, 1.165) is 6.42 Å². The maximum atomic E-state index is 9.13. The van der Waals surface area contributed by atoms with Crippen molar-refractivity contribution < 1.29 is 5.11 Å². The van der Waals surface area contributed by atoms with Gasteiger partial charge in [-0.1, -0.05) is 27.2 Å². The van der Waals surface area contributed by atoms with Crippen molar-refractivity contribution in [1.82, 2.24) is 5.32 Å². The lowest BCUT2D eigenvalue weighted by molar-refractivity contribution is 0.213. The molecule has 0 heterocycles. The van der Waals surface area contributed by atoms with Crippen molar-refractivity contribution in [2.24, 2.45) is 5.92 Å². The molecule has 0 saturated heterocycles. The van der Waals surface area contributed by atoms with Crippen LogP contribution in [-0.4, -0.2) is 23.8 Å². The largest absolute Gasteiger partial charge is 0.395 e. The highest BCUT2D eigenvalue weighted by molar-refractivity contribution is 4.71. The van der Waals surface area contributed by atoms with E-state index in [2.05, 4.69) is 33.0 Å². The Kier molecular flexibility index (Phi) is 7.29. The predicted octanol–water partition coefficient (Wildman–Crippen LogP) is 2.17. The van der Waals surface area contributed by atoms with Crippen LogP contribution in [0.2, 0.25) is 0 Å². The Morgan fingerprint density at radius 2 is 1.85 bits per heavy atom. The Morgan fingerprint density at radius 1 is 1.23 bits per heavy atom. The molecule has 0 aromatic rings. The zero-order chi connectivity index (χ0) is 10.3. The van der Waals surface area contributed by atoms with E-state index in [1.54, 1.807) is 0 Å². The zero-order valence-corrected chi connectivity index (χ0v) is 9.51. The minimum Gasteiger partial charge on any atom is -0.395 e. The molecule has 0 bridgehead atoms. The molecule has 2 heteroatoms. The molecule has 0 radical (unpaired) electrons. The molecular weight excluding hydrogens is 162 g/mol. The minimum atomic E-state index is 0.256. The number of rotatable bonds is 7. The minimum absolute atomic E-state index is 0.256. The van der Waals surface area contributed by atoms with Gasteiger partial charge in [-0.3, -0.25) is 0 Å². The van der Waals surface area contributed by atoms with Crippen LogP contribution in [-0.2, 0) is 0 Å². The van der Waals surface area contributed by atoms with E-state index < -0.39 is 0 Å². The molecule has 0 unspecified atom stereocenters. The molecule has 2 atom stereocenters. The summed E-state index contributed by atoms with van der Waals surface area (Å²) in [5, 5.41) is 12.6. The molecule has 13 heavy (non-hydrogen) atoms. The van der Waals surface area contributed by atoms with Crippen LogP contribution in [0.25, 0.3) is 0 Å².